The molecule has 116 valence electrons. The number of rotatable bonds is 14. The van der Waals surface area contributed by atoms with Gasteiger partial charge in [0.2, 0.25) is 0 Å². The van der Waals surface area contributed by atoms with Crippen molar-refractivity contribution in [2.75, 3.05) is 6.61 Å². The minimum Gasteiger partial charge on any atom is -0.374 e. The lowest BCUT2D eigenvalue weighted by molar-refractivity contribution is -0.396. The van der Waals surface area contributed by atoms with E-state index in [9.17, 15) is 10.3 Å². The van der Waals surface area contributed by atoms with Crippen LogP contribution in [0, 0.1) is 0 Å². The molecular formula is C15H33NO3. The zero-order valence-electron chi connectivity index (χ0n) is 12.8. The molecule has 0 rings (SSSR count). The van der Waals surface area contributed by atoms with Crippen LogP contribution in [-0.2, 0) is 4.84 Å². The van der Waals surface area contributed by atoms with Crippen LogP contribution in [0.2, 0.25) is 0 Å². The molecule has 1 unspecified atom stereocenters. The van der Waals surface area contributed by atoms with Crippen molar-refractivity contribution in [1.29, 1.82) is 0 Å². The van der Waals surface area contributed by atoms with Crippen molar-refractivity contribution < 1.29 is 15.2 Å². The second-order valence-electron chi connectivity index (χ2n) is 5.21. The Morgan fingerprint density at radius 3 is 1.79 bits per heavy atom. The van der Waals surface area contributed by atoms with Crippen molar-refractivity contribution in [2.45, 2.75) is 90.7 Å². The van der Waals surface area contributed by atoms with Gasteiger partial charge in [0, 0.05) is 0 Å². The molecule has 4 nitrogen and oxygen atoms in total. The predicted molar refractivity (Wildman–Crippen MR) is 77.7 cm³/mol. The molecule has 0 aliphatic carbocycles. The first-order valence-corrected chi connectivity index (χ1v) is 8.01. The minimum atomic E-state index is -0.914. The molecule has 0 amide bonds. The minimum absolute atomic E-state index is 0.453. The molecule has 1 atom stereocenters. The van der Waals surface area contributed by atoms with Gasteiger partial charge >= 0.3 is 0 Å². The Kier molecular flexibility index (Phi) is 14.1. The molecule has 0 bridgehead atoms. The summed E-state index contributed by atoms with van der Waals surface area (Å²) in [5.41, 5.74) is 0. The third kappa shape index (κ3) is 12.6. The van der Waals surface area contributed by atoms with Gasteiger partial charge in [0.05, 0.1) is 6.61 Å². The average molecular weight is 275 g/mol. The van der Waals surface area contributed by atoms with Gasteiger partial charge in [-0.25, -0.2) is 0 Å². The second kappa shape index (κ2) is 14.3. The van der Waals surface area contributed by atoms with Gasteiger partial charge in [-0.15, -0.1) is 0 Å². The Labute approximate surface area is 118 Å². The number of hydroxylamine groups is 2. The highest BCUT2D eigenvalue weighted by molar-refractivity contribution is 4.47. The quantitative estimate of drug-likeness (QED) is 0.282. The number of hydrogen-bond acceptors (Lipinski definition) is 4. The van der Waals surface area contributed by atoms with Crippen LogP contribution in [0.5, 0.6) is 0 Å². The van der Waals surface area contributed by atoms with Crippen LogP contribution < -0.4 is 0 Å². The summed E-state index contributed by atoms with van der Waals surface area (Å²) in [6.07, 6.45) is 12.3. The number of hydrogen-bond donors (Lipinski definition) is 2. The summed E-state index contributed by atoms with van der Waals surface area (Å²) in [5, 5.41) is 19.0. The lowest BCUT2D eigenvalue weighted by Crippen LogP contribution is -2.31. The van der Waals surface area contributed by atoms with E-state index in [1.54, 1.807) is 6.92 Å². The first-order chi connectivity index (χ1) is 9.22. The SMILES string of the molecule is CCCCCCCCCCCCON(O)C(O)CC. The summed E-state index contributed by atoms with van der Waals surface area (Å²) in [7, 11) is 0. The van der Waals surface area contributed by atoms with Crippen molar-refractivity contribution in [2.24, 2.45) is 0 Å². The fraction of sp³-hybridized carbons (Fsp3) is 1.00. The predicted octanol–water partition coefficient (Wildman–Crippen LogP) is 4.26. The Hall–Kier alpha value is -0.160. The van der Waals surface area contributed by atoms with Crippen LogP contribution in [0.1, 0.15) is 84.5 Å². The van der Waals surface area contributed by atoms with E-state index in [0.717, 1.165) is 12.8 Å². The molecular weight excluding hydrogens is 242 g/mol. The smallest absolute Gasteiger partial charge is 0.156 e. The second-order valence-corrected chi connectivity index (χ2v) is 5.21. The van der Waals surface area contributed by atoms with E-state index in [1.807, 2.05) is 0 Å². The molecule has 0 aromatic heterocycles. The average Bonchev–Trinajstić information content (AvgIpc) is 2.43. The zero-order valence-corrected chi connectivity index (χ0v) is 12.8. The van der Waals surface area contributed by atoms with E-state index >= 15 is 0 Å². The molecule has 0 aliphatic heterocycles. The first-order valence-electron chi connectivity index (χ1n) is 8.01. The molecule has 0 aliphatic rings. The van der Waals surface area contributed by atoms with Crippen LogP contribution in [0.4, 0.5) is 0 Å². The van der Waals surface area contributed by atoms with Gasteiger partial charge in [-0.2, -0.15) is 0 Å². The van der Waals surface area contributed by atoms with Gasteiger partial charge in [-0.1, -0.05) is 71.6 Å². The molecule has 0 fully saturated rings. The topological polar surface area (TPSA) is 52.9 Å². The van der Waals surface area contributed by atoms with E-state index < -0.39 is 6.23 Å². The molecule has 0 saturated carbocycles. The van der Waals surface area contributed by atoms with Gasteiger partial charge in [-0.05, 0) is 18.1 Å². The molecule has 0 aromatic rings. The van der Waals surface area contributed by atoms with Crippen LogP contribution in [-0.4, -0.2) is 28.4 Å². The molecule has 19 heavy (non-hydrogen) atoms. The zero-order chi connectivity index (χ0) is 14.3. The van der Waals surface area contributed by atoms with Crippen molar-refractivity contribution in [3.05, 3.63) is 0 Å². The van der Waals surface area contributed by atoms with Gasteiger partial charge in [0.15, 0.2) is 6.23 Å². The molecule has 0 spiro atoms. The summed E-state index contributed by atoms with van der Waals surface area (Å²) in [5.74, 6) is 0. The van der Waals surface area contributed by atoms with Gasteiger partial charge in [0.25, 0.3) is 0 Å². The molecule has 4 heteroatoms. The van der Waals surface area contributed by atoms with E-state index in [0.29, 0.717) is 18.3 Å². The van der Waals surface area contributed by atoms with E-state index in [2.05, 4.69) is 6.92 Å². The molecule has 0 heterocycles. The lowest BCUT2D eigenvalue weighted by Gasteiger charge is -2.18. The Balaban J connectivity index is 3.10. The first kappa shape index (κ1) is 18.8. The fourth-order valence-electron chi connectivity index (χ4n) is 1.99. The van der Waals surface area contributed by atoms with Crippen molar-refractivity contribution in [1.82, 2.24) is 5.23 Å². The van der Waals surface area contributed by atoms with Gasteiger partial charge in [-0.3, -0.25) is 10.0 Å². The summed E-state index contributed by atoms with van der Waals surface area (Å²) in [4.78, 5) is 5.01. The third-order valence-electron chi connectivity index (χ3n) is 3.34. The Morgan fingerprint density at radius 1 is 0.842 bits per heavy atom. The highest BCUT2D eigenvalue weighted by Crippen LogP contribution is 2.10. The molecule has 2 N–H and O–H groups in total. The maximum Gasteiger partial charge on any atom is 0.156 e. The number of aliphatic hydroxyl groups excluding tert-OH is 1. The summed E-state index contributed by atoms with van der Waals surface area (Å²) in [6, 6.07) is 0. The highest BCUT2D eigenvalue weighted by atomic mass is 16.9. The summed E-state index contributed by atoms with van der Waals surface area (Å²) in [6.45, 7) is 4.51. The summed E-state index contributed by atoms with van der Waals surface area (Å²) >= 11 is 0. The van der Waals surface area contributed by atoms with Gasteiger partial charge in [0.1, 0.15) is 0 Å². The molecule has 0 aromatic carbocycles. The van der Waals surface area contributed by atoms with Crippen molar-refractivity contribution >= 4 is 0 Å². The number of nitrogens with zero attached hydrogens (tertiary/aromatic N) is 1. The fourth-order valence-corrected chi connectivity index (χ4v) is 1.99. The van der Waals surface area contributed by atoms with Crippen LogP contribution in [0.25, 0.3) is 0 Å². The maximum atomic E-state index is 9.24. The van der Waals surface area contributed by atoms with Crippen molar-refractivity contribution in [3.8, 4) is 0 Å². The van der Waals surface area contributed by atoms with E-state index in [1.165, 1.54) is 51.4 Å². The number of aliphatic hydroxyl groups is 1. The monoisotopic (exact) mass is 275 g/mol. The maximum absolute atomic E-state index is 9.24. The summed E-state index contributed by atoms with van der Waals surface area (Å²) < 4.78 is 0. The van der Waals surface area contributed by atoms with Crippen LogP contribution in [0.15, 0.2) is 0 Å². The third-order valence-corrected chi connectivity index (χ3v) is 3.34. The Morgan fingerprint density at radius 2 is 1.32 bits per heavy atom. The van der Waals surface area contributed by atoms with Gasteiger partial charge < -0.3 is 5.11 Å². The molecule has 0 radical (unpaired) electrons. The largest absolute Gasteiger partial charge is 0.374 e. The standard InChI is InChI=1S/C15H33NO3/c1-3-5-6-7-8-9-10-11-12-13-14-19-16(18)15(17)4-2/h15,17-18H,3-14H2,1-2H3. The Bertz CT molecular complexity index is 179. The molecule has 0 saturated heterocycles. The van der Waals surface area contributed by atoms with Crippen LogP contribution in [0.3, 0.4) is 0 Å². The van der Waals surface area contributed by atoms with E-state index in [4.69, 9.17) is 4.84 Å². The lowest BCUT2D eigenvalue weighted by atomic mass is 10.1. The van der Waals surface area contributed by atoms with Crippen LogP contribution >= 0.6 is 0 Å². The van der Waals surface area contributed by atoms with E-state index in [-0.39, 0.29) is 0 Å². The number of unbranched alkanes of at least 4 members (excludes halogenated alkanes) is 9. The highest BCUT2D eigenvalue weighted by Gasteiger charge is 2.10. The normalized spacial score (nSPS) is 13.1. The van der Waals surface area contributed by atoms with Crippen molar-refractivity contribution in [3.63, 3.8) is 0 Å².